The van der Waals surface area contributed by atoms with Gasteiger partial charge < -0.3 is 4.90 Å². The van der Waals surface area contributed by atoms with Crippen LogP contribution in [0.15, 0.2) is 248 Å². The smallest absolute Gasteiger partial charge is 0.0640 e. The highest BCUT2D eigenvalue weighted by atomic mass is 32.2. The normalized spacial score (nSPS) is 16.8. The lowest BCUT2D eigenvalue weighted by atomic mass is 9.61. The van der Waals surface area contributed by atoms with Gasteiger partial charge in [-0.3, -0.25) is 0 Å². The van der Waals surface area contributed by atoms with Crippen LogP contribution in [0.4, 0.5) is 17.1 Å². The number of nitrogens with zero attached hydrogens (tertiary/aromatic N) is 1. The molecule has 2 heterocycles. The SMILES string of the molecule is C1=CC2C(C=C1c1ccccc1)Sc1cc(N(c3ccccc3)c3cccc4c3sc3ccc(C(CCc5ccccc5)c5ccccc5)cc34)ccc1C21c2ccccc2-c2ccccc21. The Balaban J connectivity index is 0.966. The quantitative estimate of drug-likeness (QED) is 0.142. The Morgan fingerprint density at radius 1 is 0.522 bits per heavy atom. The third-order valence-electron chi connectivity index (χ3n) is 14.6. The molecule has 0 radical (unpaired) electrons. The van der Waals surface area contributed by atoms with Gasteiger partial charge in [-0.2, -0.15) is 0 Å². The Kier molecular flexibility index (Phi) is 9.95. The number of benzene rings is 9. The molecule has 3 atom stereocenters. The van der Waals surface area contributed by atoms with E-state index in [1.165, 1.54) is 92.1 Å². The zero-order chi connectivity index (χ0) is 44.3. The van der Waals surface area contributed by atoms with Gasteiger partial charge in [0.25, 0.3) is 0 Å². The largest absolute Gasteiger partial charge is 0.309 e. The van der Waals surface area contributed by atoms with Crippen molar-refractivity contribution in [2.45, 2.75) is 34.3 Å². The predicted octanol–water partition coefficient (Wildman–Crippen LogP) is 17.3. The molecule has 67 heavy (non-hydrogen) atoms. The number of anilines is 3. The first-order valence-corrected chi connectivity index (χ1v) is 25.3. The van der Waals surface area contributed by atoms with Crippen LogP contribution in [-0.4, -0.2) is 5.25 Å². The van der Waals surface area contributed by atoms with Crippen molar-refractivity contribution in [3.8, 4) is 11.1 Å². The number of para-hydroxylation sites is 1. The topological polar surface area (TPSA) is 3.24 Å². The van der Waals surface area contributed by atoms with E-state index < -0.39 is 0 Å². The van der Waals surface area contributed by atoms with Crippen LogP contribution in [0, 0.1) is 5.92 Å². The minimum atomic E-state index is -0.342. The number of aryl methyl sites for hydroxylation is 1. The summed E-state index contributed by atoms with van der Waals surface area (Å²) in [6, 6.07) is 83.8. The Morgan fingerprint density at radius 2 is 1.19 bits per heavy atom. The molecule has 0 N–H and O–H groups in total. The number of allylic oxidation sites excluding steroid dienone is 3. The van der Waals surface area contributed by atoms with Gasteiger partial charge in [0.15, 0.2) is 0 Å². The highest BCUT2D eigenvalue weighted by molar-refractivity contribution is 8.00. The summed E-state index contributed by atoms with van der Waals surface area (Å²) in [7, 11) is 0. The number of hydrogen-bond acceptors (Lipinski definition) is 3. The maximum atomic E-state index is 2.55. The van der Waals surface area contributed by atoms with E-state index in [4.69, 9.17) is 0 Å². The third-order valence-corrected chi connectivity index (χ3v) is 17.1. The van der Waals surface area contributed by atoms with E-state index in [0.29, 0.717) is 0 Å². The van der Waals surface area contributed by atoms with E-state index in [0.717, 1.165) is 18.5 Å². The van der Waals surface area contributed by atoms with Gasteiger partial charge in [-0.15, -0.1) is 23.1 Å². The van der Waals surface area contributed by atoms with Crippen molar-refractivity contribution in [3.63, 3.8) is 0 Å². The summed E-state index contributed by atoms with van der Waals surface area (Å²) in [6.45, 7) is 0. The summed E-state index contributed by atoms with van der Waals surface area (Å²) in [5, 5.41) is 2.85. The van der Waals surface area contributed by atoms with Gasteiger partial charge >= 0.3 is 0 Å². The monoisotopic (exact) mass is 893 g/mol. The molecule has 1 spiro atoms. The molecule has 320 valence electrons. The van der Waals surface area contributed by atoms with Crippen molar-refractivity contribution in [2.24, 2.45) is 5.92 Å². The van der Waals surface area contributed by atoms with Crippen molar-refractivity contribution < 1.29 is 0 Å². The Bertz CT molecular complexity index is 3470. The van der Waals surface area contributed by atoms with Crippen LogP contribution in [-0.2, 0) is 11.8 Å². The van der Waals surface area contributed by atoms with Crippen LogP contribution in [0.5, 0.6) is 0 Å². The number of thioether (sulfide) groups is 1. The second kappa shape index (κ2) is 16.6. The van der Waals surface area contributed by atoms with E-state index in [-0.39, 0.29) is 22.5 Å². The first-order chi connectivity index (χ1) is 33.2. The third kappa shape index (κ3) is 6.67. The number of thiophene rings is 1. The minimum Gasteiger partial charge on any atom is -0.309 e. The predicted molar refractivity (Wildman–Crippen MR) is 286 cm³/mol. The Hall–Kier alpha value is -7.17. The van der Waals surface area contributed by atoms with Gasteiger partial charge in [-0.25, -0.2) is 0 Å². The molecule has 0 saturated carbocycles. The lowest BCUT2D eigenvalue weighted by Crippen LogP contribution is -2.44. The van der Waals surface area contributed by atoms with Crippen LogP contribution in [0.2, 0.25) is 0 Å². The number of rotatable bonds is 9. The molecular formula is C64H47NS2. The first kappa shape index (κ1) is 40.1. The van der Waals surface area contributed by atoms with Crippen LogP contribution >= 0.6 is 23.1 Å². The van der Waals surface area contributed by atoms with Gasteiger partial charge in [-0.1, -0.05) is 200 Å². The van der Waals surface area contributed by atoms with Gasteiger partial charge in [-0.05, 0) is 111 Å². The zero-order valence-corrected chi connectivity index (χ0v) is 38.6. The van der Waals surface area contributed by atoms with E-state index in [2.05, 4.69) is 248 Å². The number of fused-ring (bicyclic) bond motifs is 12. The standard InChI is InChI=1S/C64H47NS2/c1-5-18-43(19-6-1)32-36-50(45-22-9-3-10-23-45)47-34-39-60-54(40-47)53-28-17-31-59(63(53)67-60)65(48-24-11-4-12-25-48)49-35-38-58-62(42-49)66-61-41-46(44-20-7-2-8-21-44)33-37-57(61)64(58)55-29-15-13-26-51(55)52-27-14-16-30-56(52)64/h1-31,33-35,37-42,50,57,61H,32,36H2. The lowest BCUT2D eigenvalue weighted by Gasteiger charge is -2.48. The zero-order valence-electron chi connectivity index (χ0n) is 37.0. The van der Waals surface area contributed by atoms with Crippen LogP contribution in [0.3, 0.4) is 0 Å². The average Bonchev–Trinajstić information content (AvgIpc) is 3.92. The molecule has 13 rings (SSSR count). The molecule has 3 heteroatoms. The fourth-order valence-electron chi connectivity index (χ4n) is 11.7. The highest BCUT2D eigenvalue weighted by Crippen LogP contribution is 2.64. The molecule has 2 aliphatic carbocycles. The van der Waals surface area contributed by atoms with Crippen LogP contribution in [0.1, 0.15) is 51.3 Å². The van der Waals surface area contributed by atoms with E-state index in [9.17, 15) is 0 Å². The van der Waals surface area contributed by atoms with Crippen molar-refractivity contribution in [1.82, 2.24) is 0 Å². The second-order valence-corrected chi connectivity index (χ2v) is 20.5. The van der Waals surface area contributed by atoms with Gasteiger partial charge in [0.2, 0.25) is 0 Å². The summed E-state index contributed by atoms with van der Waals surface area (Å²) >= 11 is 3.94. The lowest BCUT2D eigenvalue weighted by molar-refractivity contribution is 0.450. The van der Waals surface area contributed by atoms with Crippen molar-refractivity contribution >= 4 is 65.9 Å². The van der Waals surface area contributed by atoms with Gasteiger partial charge in [0, 0.05) is 48.8 Å². The molecule has 0 fully saturated rings. The fraction of sp³-hybridized carbons (Fsp3) is 0.0938. The summed E-state index contributed by atoms with van der Waals surface area (Å²) < 4.78 is 2.61. The highest BCUT2D eigenvalue weighted by Gasteiger charge is 2.55. The Morgan fingerprint density at radius 3 is 1.94 bits per heavy atom. The molecule has 3 unspecified atom stereocenters. The number of hydrogen-bond donors (Lipinski definition) is 0. The fourth-order valence-corrected chi connectivity index (χ4v) is 14.3. The molecule has 1 nitrogen and oxygen atoms in total. The van der Waals surface area contributed by atoms with E-state index in [1.54, 1.807) is 0 Å². The molecule has 0 bridgehead atoms. The van der Waals surface area contributed by atoms with E-state index in [1.807, 2.05) is 23.1 Å². The summed E-state index contributed by atoms with van der Waals surface area (Å²) in [4.78, 5) is 3.84. The molecule has 3 aliphatic rings. The van der Waals surface area contributed by atoms with Gasteiger partial charge in [0.05, 0.1) is 15.8 Å². The van der Waals surface area contributed by atoms with Crippen LogP contribution in [0.25, 0.3) is 36.9 Å². The molecular weight excluding hydrogens is 847 g/mol. The second-order valence-electron chi connectivity index (χ2n) is 18.2. The molecule has 1 aliphatic heterocycles. The average molecular weight is 894 g/mol. The van der Waals surface area contributed by atoms with E-state index >= 15 is 0 Å². The Labute approximate surface area is 401 Å². The molecule has 1 aromatic heterocycles. The molecule has 0 amide bonds. The molecule has 9 aromatic carbocycles. The van der Waals surface area contributed by atoms with Gasteiger partial charge in [0.1, 0.15) is 0 Å². The molecule has 10 aromatic rings. The van der Waals surface area contributed by atoms with Crippen molar-refractivity contribution in [2.75, 3.05) is 4.90 Å². The van der Waals surface area contributed by atoms with Crippen molar-refractivity contribution in [3.05, 3.63) is 282 Å². The molecule has 0 saturated heterocycles. The maximum absolute atomic E-state index is 2.55. The maximum Gasteiger partial charge on any atom is 0.0640 e. The van der Waals surface area contributed by atoms with Crippen LogP contribution < -0.4 is 4.90 Å². The minimum absolute atomic E-state index is 0.222. The summed E-state index contributed by atoms with van der Waals surface area (Å²) in [6.07, 6.45) is 9.55. The summed E-state index contributed by atoms with van der Waals surface area (Å²) in [5.74, 6) is 0.521. The van der Waals surface area contributed by atoms with Crippen molar-refractivity contribution in [1.29, 1.82) is 0 Å². The summed E-state index contributed by atoms with van der Waals surface area (Å²) in [5.41, 5.74) is 16.8. The first-order valence-electron chi connectivity index (χ1n) is 23.6.